The molecule has 0 radical (unpaired) electrons. The van der Waals surface area contributed by atoms with E-state index >= 15 is 0 Å². The van der Waals surface area contributed by atoms with E-state index in [9.17, 15) is 0 Å². The van der Waals surface area contributed by atoms with E-state index in [1.807, 2.05) is 12.3 Å². The zero-order valence-corrected chi connectivity index (χ0v) is 13.2. The first-order valence-corrected chi connectivity index (χ1v) is 8.92. The molecule has 5 heteroatoms. The topological polar surface area (TPSA) is 32.3 Å². The molecule has 2 aliphatic rings. The van der Waals surface area contributed by atoms with Crippen molar-refractivity contribution in [3.05, 3.63) is 18.3 Å². The fourth-order valence-corrected chi connectivity index (χ4v) is 4.58. The van der Waals surface area contributed by atoms with Gasteiger partial charge < -0.3 is 4.90 Å². The number of piperazine rings is 1. The maximum absolute atomic E-state index is 4.74. The van der Waals surface area contributed by atoms with Crippen LogP contribution in [0.3, 0.4) is 0 Å². The van der Waals surface area contributed by atoms with Gasteiger partial charge in [-0.15, -0.1) is 0 Å². The average Bonchev–Trinajstić information content (AvgIpc) is 3.00. The maximum atomic E-state index is 4.74. The van der Waals surface area contributed by atoms with E-state index in [1.165, 1.54) is 45.2 Å². The minimum absolute atomic E-state index is 0.845. The highest BCUT2D eigenvalue weighted by atomic mass is 32.1. The molecule has 1 saturated carbocycles. The second-order valence-corrected chi connectivity index (χ2v) is 7.09. The lowest BCUT2D eigenvalue weighted by Crippen LogP contribution is -2.50. The third-order valence-electron chi connectivity index (χ3n) is 4.83. The number of thiazole rings is 1. The van der Waals surface area contributed by atoms with E-state index in [-0.39, 0.29) is 0 Å². The molecule has 3 heterocycles. The monoisotopic (exact) mass is 302 g/mol. The van der Waals surface area contributed by atoms with Gasteiger partial charge in [0.15, 0.2) is 5.13 Å². The standard InChI is InChI=1S/C16H22N4S/c1-2-5-13(6-3-1)19-9-11-20(12-10-19)16-18-14-7-4-8-17-15(14)21-16/h4,7-8,13H,1-3,5-6,9-12H2. The summed E-state index contributed by atoms with van der Waals surface area (Å²) in [5.41, 5.74) is 1.03. The molecule has 112 valence electrons. The van der Waals surface area contributed by atoms with Gasteiger partial charge in [0, 0.05) is 38.4 Å². The molecule has 2 aromatic heterocycles. The predicted octanol–water partition coefficient (Wildman–Crippen LogP) is 3.15. The van der Waals surface area contributed by atoms with Crippen molar-refractivity contribution in [2.45, 2.75) is 38.1 Å². The van der Waals surface area contributed by atoms with E-state index in [0.717, 1.165) is 34.6 Å². The molecule has 0 unspecified atom stereocenters. The van der Waals surface area contributed by atoms with Crippen molar-refractivity contribution in [3.8, 4) is 0 Å². The Kier molecular flexibility index (Phi) is 3.78. The molecule has 1 aliphatic carbocycles. The fourth-order valence-electron chi connectivity index (χ4n) is 3.62. The Bertz CT molecular complexity index is 564. The van der Waals surface area contributed by atoms with Crippen LogP contribution in [-0.4, -0.2) is 47.1 Å². The van der Waals surface area contributed by atoms with Crippen LogP contribution in [0, 0.1) is 0 Å². The number of aromatic nitrogens is 2. The molecule has 2 fully saturated rings. The second kappa shape index (κ2) is 5.89. The number of anilines is 1. The van der Waals surface area contributed by atoms with Crippen molar-refractivity contribution in [1.82, 2.24) is 14.9 Å². The Labute approximate surface area is 129 Å². The number of hydrogen-bond acceptors (Lipinski definition) is 5. The summed E-state index contributed by atoms with van der Waals surface area (Å²) in [7, 11) is 0. The third kappa shape index (κ3) is 2.77. The molecule has 0 aromatic carbocycles. The van der Waals surface area contributed by atoms with Crippen LogP contribution in [0.5, 0.6) is 0 Å². The summed E-state index contributed by atoms with van der Waals surface area (Å²) in [6.07, 6.45) is 8.96. The summed E-state index contributed by atoms with van der Waals surface area (Å²) in [5.74, 6) is 0. The van der Waals surface area contributed by atoms with Crippen LogP contribution in [0.1, 0.15) is 32.1 Å². The first kappa shape index (κ1) is 13.5. The van der Waals surface area contributed by atoms with Gasteiger partial charge in [-0.25, -0.2) is 9.97 Å². The van der Waals surface area contributed by atoms with Gasteiger partial charge in [0.1, 0.15) is 10.3 Å². The summed E-state index contributed by atoms with van der Waals surface area (Å²) in [5, 5.41) is 1.15. The molecule has 21 heavy (non-hydrogen) atoms. The largest absolute Gasteiger partial charge is 0.345 e. The molecule has 0 spiro atoms. The van der Waals surface area contributed by atoms with Crippen molar-refractivity contribution in [3.63, 3.8) is 0 Å². The van der Waals surface area contributed by atoms with Gasteiger partial charge in [-0.1, -0.05) is 30.6 Å². The maximum Gasteiger partial charge on any atom is 0.188 e. The van der Waals surface area contributed by atoms with Crippen molar-refractivity contribution >= 4 is 26.8 Å². The molecule has 2 aromatic rings. The highest BCUT2D eigenvalue weighted by Gasteiger charge is 2.26. The molecule has 4 nitrogen and oxygen atoms in total. The molecule has 4 rings (SSSR count). The van der Waals surface area contributed by atoms with Crippen LogP contribution < -0.4 is 4.90 Å². The van der Waals surface area contributed by atoms with Crippen molar-refractivity contribution in [2.24, 2.45) is 0 Å². The lowest BCUT2D eigenvalue weighted by molar-refractivity contribution is 0.148. The van der Waals surface area contributed by atoms with E-state index in [2.05, 4.69) is 20.9 Å². The van der Waals surface area contributed by atoms with Gasteiger partial charge >= 0.3 is 0 Å². The molecule has 0 N–H and O–H groups in total. The quantitative estimate of drug-likeness (QED) is 0.853. The molecule has 0 bridgehead atoms. The zero-order valence-electron chi connectivity index (χ0n) is 12.4. The normalized spacial score (nSPS) is 22.0. The van der Waals surface area contributed by atoms with Gasteiger partial charge in [-0.2, -0.15) is 0 Å². The first-order valence-electron chi connectivity index (χ1n) is 8.11. The van der Waals surface area contributed by atoms with Gasteiger partial charge in [0.25, 0.3) is 0 Å². The molecule has 0 atom stereocenters. The summed E-state index contributed by atoms with van der Waals surface area (Å²) in [6.45, 7) is 4.59. The third-order valence-corrected chi connectivity index (χ3v) is 5.87. The number of hydrogen-bond donors (Lipinski definition) is 0. The van der Waals surface area contributed by atoms with Crippen molar-refractivity contribution < 1.29 is 0 Å². The summed E-state index contributed by atoms with van der Waals surface area (Å²) >= 11 is 1.73. The van der Waals surface area contributed by atoms with E-state index < -0.39 is 0 Å². The lowest BCUT2D eigenvalue weighted by Gasteiger charge is -2.40. The Morgan fingerprint density at radius 2 is 1.86 bits per heavy atom. The van der Waals surface area contributed by atoms with E-state index in [4.69, 9.17) is 4.98 Å². The average molecular weight is 302 g/mol. The predicted molar refractivity (Wildman–Crippen MR) is 88.1 cm³/mol. The highest BCUT2D eigenvalue weighted by molar-refractivity contribution is 7.21. The number of pyridine rings is 1. The Balaban J connectivity index is 1.42. The van der Waals surface area contributed by atoms with Gasteiger partial charge in [-0.3, -0.25) is 4.90 Å². The van der Waals surface area contributed by atoms with Crippen LogP contribution in [-0.2, 0) is 0 Å². The molecular formula is C16H22N4S. The van der Waals surface area contributed by atoms with Crippen molar-refractivity contribution in [2.75, 3.05) is 31.1 Å². The van der Waals surface area contributed by atoms with Crippen LogP contribution in [0.25, 0.3) is 10.3 Å². The summed E-state index contributed by atoms with van der Waals surface area (Å²) in [4.78, 5) is 15.3. The summed E-state index contributed by atoms with van der Waals surface area (Å²) in [6, 6.07) is 4.87. The smallest absolute Gasteiger partial charge is 0.188 e. The molecular weight excluding hydrogens is 280 g/mol. The molecule has 1 saturated heterocycles. The number of rotatable bonds is 2. The van der Waals surface area contributed by atoms with Crippen LogP contribution in [0.2, 0.25) is 0 Å². The Hall–Kier alpha value is -1.20. The SMILES string of the molecule is c1cnc2sc(N3CCN(C4CCCCC4)CC3)nc2c1. The van der Waals surface area contributed by atoms with Gasteiger partial charge in [0.2, 0.25) is 0 Å². The number of fused-ring (bicyclic) bond motifs is 1. The van der Waals surface area contributed by atoms with Gasteiger partial charge in [-0.05, 0) is 25.0 Å². The lowest BCUT2D eigenvalue weighted by atomic mass is 9.94. The Morgan fingerprint density at radius 1 is 1.05 bits per heavy atom. The van der Waals surface area contributed by atoms with E-state index in [1.54, 1.807) is 11.3 Å². The van der Waals surface area contributed by atoms with Gasteiger partial charge in [0.05, 0.1) is 0 Å². The highest BCUT2D eigenvalue weighted by Crippen LogP contribution is 2.29. The minimum Gasteiger partial charge on any atom is -0.345 e. The zero-order chi connectivity index (χ0) is 14.1. The first-order chi connectivity index (χ1) is 10.4. The van der Waals surface area contributed by atoms with E-state index in [0.29, 0.717) is 0 Å². The van der Waals surface area contributed by atoms with Crippen LogP contribution in [0.4, 0.5) is 5.13 Å². The number of nitrogens with zero attached hydrogens (tertiary/aromatic N) is 4. The second-order valence-electron chi connectivity index (χ2n) is 6.14. The molecule has 1 aliphatic heterocycles. The van der Waals surface area contributed by atoms with Crippen molar-refractivity contribution in [1.29, 1.82) is 0 Å². The van der Waals surface area contributed by atoms with Crippen LogP contribution in [0.15, 0.2) is 18.3 Å². The summed E-state index contributed by atoms with van der Waals surface area (Å²) < 4.78 is 0. The van der Waals surface area contributed by atoms with Crippen LogP contribution >= 0.6 is 11.3 Å². The fraction of sp³-hybridized carbons (Fsp3) is 0.625. The minimum atomic E-state index is 0.845. The molecule has 0 amide bonds. The Morgan fingerprint density at radius 3 is 2.62 bits per heavy atom.